The van der Waals surface area contributed by atoms with Gasteiger partial charge in [-0.05, 0) is 210 Å². The van der Waals surface area contributed by atoms with Crippen LogP contribution in [0.4, 0.5) is 0 Å². The van der Waals surface area contributed by atoms with Gasteiger partial charge in [-0.15, -0.1) is 0 Å². The summed E-state index contributed by atoms with van der Waals surface area (Å²) in [5, 5.41) is 0. The average molecular weight is 1020 g/mol. The van der Waals surface area contributed by atoms with E-state index in [9.17, 15) is 0 Å². The predicted octanol–water partition coefficient (Wildman–Crippen LogP) is 17.3. The van der Waals surface area contributed by atoms with Crippen molar-refractivity contribution in [1.29, 1.82) is 0 Å². The van der Waals surface area contributed by atoms with E-state index in [2.05, 4.69) is 233 Å². The van der Waals surface area contributed by atoms with Crippen LogP contribution in [0.5, 0.6) is 0 Å². The van der Waals surface area contributed by atoms with Crippen molar-refractivity contribution in [2.75, 3.05) is 6.61 Å². The summed E-state index contributed by atoms with van der Waals surface area (Å²) in [6.07, 6.45) is 12.5. The Hall–Kier alpha value is -2.58. The minimum atomic E-state index is -0.264. The van der Waals surface area contributed by atoms with Crippen molar-refractivity contribution in [3.63, 3.8) is 0 Å². The van der Waals surface area contributed by atoms with Crippen LogP contribution in [0, 0.1) is 0 Å². The second-order valence-corrected chi connectivity index (χ2v) is 30.6. The third-order valence-electron chi connectivity index (χ3n) is 18.2. The summed E-state index contributed by atoms with van der Waals surface area (Å²) >= 11 is 0. The van der Waals surface area contributed by atoms with Gasteiger partial charge in [0.05, 0.1) is 18.3 Å². The Morgan fingerprint density at radius 3 is 0.986 bits per heavy atom. The molecule has 0 saturated carbocycles. The minimum absolute atomic E-state index is 0.00116. The fourth-order valence-electron chi connectivity index (χ4n) is 13.5. The summed E-state index contributed by atoms with van der Waals surface area (Å²) in [6.45, 7) is 53.7. The lowest BCUT2D eigenvalue weighted by Gasteiger charge is -2.48. The molecule has 0 aliphatic carbocycles. The van der Waals surface area contributed by atoms with E-state index in [1.807, 2.05) is 0 Å². The number of hydrogen-bond acceptors (Lipinski definition) is 6. The SMILES string of the molecule is CC(C)(C)c1ccc(CN2C(C)(C)CCC(OCCCCC(OC3CCC(C)(C)N(Cc4ccc(C(C)(C)C)cc4)C(C)(C)C3)OC3CCC(C)(C)N(Cc4ccc(C(C)(C)C)cc4)C(C)(C)C3)CC2(C)C)cc1. The van der Waals surface area contributed by atoms with Gasteiger partial charge in [0.1, 0.15) is 0 Å². The van der Waals surface area contributed by atoms with Crippen molar-refractivity contribution in [3.8, 4) is 0 Å². The maximum atomic E-state index is 7.41. The topological polar surface area (TPSA) is 37.4 Å². The highest BCUT2D eigenvalue weighted by molar-refractivity contribution is 5.30. The summed E-state index contributed by atoms with van der Waals surface area (Å²) in [5.74, 6) is 0. The normalized spacial score (nSPS) is 25.2. The van der Waals surface area contributed by atoms with Gasteiger partial charge < -0.3 is 14.2 Å². The Kier molecular flexibility index (Phi) is 18.9. The zero-order valence-corrected chi connectivity index (χ0v) is 51.6. The summed E-state index contributed by atoms with van der Waals surface area (Å²) in [6, 6.07) is 28.2. The molecule has 6 heteroatoms. The first kappa shape index (κ1) is 60.6. The van der Waals surface area contributed by atoms with E-state index in [1.165, 1.54) is 33.4 Å². The highest BCUT2D eigenvalue weighted by Crippen LogP contribution is 2.44. The molecule has 3 saturated heterocycles. The van der Waals surface area contributed by atoms with E-state index in [-0.39, 0.29) is 74.1 Å². The molecule has 0 amide bonds. The second kappa shape index (κ2) is 23.0. The van der Waals surface area contributed by atoms with Crippen LogP contribution >= 0.6 is 0 Å². The molecule has 0 radical (unpaired) electrons. The van der Waals surface area contributed by atoms with Crippen LogP contribution in [0.15, 0.2) is 72.8 Å². The molecule has 0 N–H and O–H groups in total. The van der Waals surface area contributed by atoms with Crippen LogP contribution in [0.25, 0.3) is 0 Å². The molecule has 3 heterocycles. The van der Waals surface area contributed by atoms with E-state index in [0.29, 0.717) is 0 Å². The molecule has 3 aromatic carbocycles. The Morgan fingerprint density at radius 1 is 0.405 bits per heavy atom. The largest absolute Gasteiger partial charge is 0.378 e. The van der Waals surface area contributed by atoms with Crippen LogP contribution in [0.1, 0.15) is 256 Å². The number of unbranched alkanes of at least 4 members (excludes halogenated alkanes) is 1. The Bertz CT molecular complexity index is 2110. The summed E-state index contributed by atoms with van der Waals surface area (Å²) in [7, 11) is 0. The molecule has 3 aliphatic heterocycles. The molecule has 0 spiro atoms. The highest BCUT2D eigenvalue weighted by Gasteiger charge is 2.46. The maximum Gasteiger partial charge on any atom is 0.158 e. The van der Waals surface area contributed by atoms with Crippen LogP contribution < -0.4 is 0 Å². The van der Waals surface area contributed by atoms with Crippen molar-refractivity contribution >= 4 is 0 Å². The molecule has 3 aromatic rings. The molecule has 6 rings (SSSR count). The molecule has 3 aliphatic rings. The first-order valence-electron chi connectivity index (χ1n) is 29.5. The van der Waals surface area contributed by atoms with Gasteiger partial charge in [-0.2, -0.15) is 0 Å². The van der Waals surface area contributed by atoms with Gasteiger partial charge in [-0.25, -0.2) is 0 Å². The van der Waals surface area contributed by atoms with Crippen molar-refractivity contribution < 1.29 is 14.2 Å². The van der Waals surface area contributed by atoms with Gasteiger partial charge in [0.2, 0.25) is 0 Å². The molecule has 3 atom stereocenters. The van der Waals surface area contributed by atoms with Gasteiger partial charge in [0.25, 0.3) is 0 Å². The molecule has 74 heavy (non-hydrogen) atoms. The zero-order chi connectivity index (χ0) is 54.9. The predicted molar refractivity (Wildman–Crippen MR) is 315 cm³/mol. The van der Waals surface area contributed by atoms with E-state index in [1.54, 1.807) is 0 Å². The van der Waals surface area contributed by atoms with Gasteiger partial charge >= 0.3 is 0 Å². The molecule has 0 bridgehead atoms. The summed E-state index contributed by atoms with van der Waals surface area (Å²) in [4.78, 5) is 8.29. The Labute approximate surface area is 455 Å². The summed E-state index contributed by atoms with van der Waals surface area (Å²) < 4.78 is 21.7. The molecule has 416 valence electrons. The van der Waals surface area contributed by atoms with E-state index in [4.69, 9.17) is 14.2 Å². The molecular weight excluding hydrogens is 907 g/mol. The standard InChI is InChI=1S/C68H111N3O3/c1-60(2,3)53-31-25-50(26-32-53)47-69-63(10,11)40-37-56(44-66(69,16)17)72-43-23-22-24-59(73-57-38-41-64(12,13)70(67(18,19)45-57)48-51-27-33-54(34-28-51)61(4,5)6)74-58-39-42-65(14,15)71(68(20,21)46-58)49-52-29-35-55(36-30-52)62(7,8)9/h25-36,56-59H,22-24,37-49H2,1-21H3. The zero-order valence-electron chi connectivity index (χ0n) is 51.6. The third-order valence-corrected chi connectivity index (χ3v) is 18.2. The molecule has 6 nitrogen and oxygen atoms in total. The molecule has 3 unspecified atom stereocenters. The van der Waals surface area contributed by atoms with E-state index < -0.39 is 0 Å². The Balaban J connectivity index is 1.15. The van der Waals surface area contributed by atoms with Crippen molar-refractivity contribution in [1.82, 2.24) is 14.7 Å². The van der Waals surface area contributed by atoms with Gasteiger partial charge in [-0.3, -0.25) is 14.7 Å². The number of benzene rings is 3. The van der Waals surface area contributed by atoms with Gasteiger partial charge in [0.15, 0.2) is 6.29 Å². The lowest BCUT2D eigenvalue weighted by Crippen LogP contribution is -2.54. The first-order chi connectivity index (χ1) is 34.0. The maximum absolute atomic E-state index is 7.41. The van der Waals surface area contributed by atoms with E-state index >= 15 is 0 Å². The number of nitrogens with zero attached hydrogens (tertiary/aromatic N) is 3. The number of likely N-dealkylation sites (tertiary alicyclic amines) is 3. The van der Waals surface area contributed by atoms with Crippen LogP contribution in [-0.4, -0.2) is 79.1 Å². The van der Waals surface area contributed by atoms with Gasteiger partial charge in [-0.1, -0.05) is 135 Å². The second-order valence-electron chi connectivity index (χ2n) is 30.6. The number of hydrogen-bond donors (Lipinski definition) is 0. The average Bonchev–Trinajstić information content (AvgIpc) is 3.46. The highest BCUT2D eigenvalue weighted by atomic mass is 16.7. The van der Waals surface area contributed by atoms with Crippen molar-refractivity contribution in [3.05, 3.63) is 106 Å². The van der Waals surface area contributed by atoms with Gasteiger partial charge in [0, 0.05) is 59.5 Å². The lowest BCUT2D eigenvalue weighted by atomic mass is 9.86. The van der Waals surface area contributed by atoms with Crippen LogP contribution in [-0.2, 0) is 50.1 Å². The molecule has 0 aromatic heterocycles. The third kappa shape index (κ3) is 16.0. The smallest absolute Gasteiger partial charge is 0.158 e. The van der Waals surface area contributed by atoms with Crippen molar-refractivity contribution in [2.24, 2.45) is 0 Å². The van der Waals surface area contributed by atoms with E-state index in [0.717, 1.165) is 103 Å². The summed E-state index contributed by atoms with van der Waals surface area (Å²) in [5.41, 5.74) is 8.73. The molecular formula is C68H111N3O3. The quantitative estimate of drug-likeness (QED) is 0.105. The fourth-order valence-corrected chi connectivity index (χ4v) is 13.5. The van der Waals surface area contributed by atoms with Crippen LogP contribution in [0.2, 0.25) is 0 Å². The number of ether oxygens (including phenoxy) is 3. The monoisotopic (exact) mass is 1020 g/mol. The Morgan fingerprint density at radius 2 is 0.689 bits per heavy atom. The van der Waals surface area contributed by atoms with Crippen molar-refractivity contribution in [2.45, 2.75) is 316 Å². The lowest BCUT2D eigenvalue weighted by molar-refractivity contribution is -0.207. The van der Waals surface area contributed by atoms with Crippen LogP contribution in [0.3, 0.4) is 0 Å². The first-order valence-corrected chi connectivity index (χ1v) is 29.5. The fraction of sp³-hybridized carbons (Fsp3) is 0.735. The number of rotatable bonds is 16. The minimum Gasteiger partial charge on any atom is -0.378 e. The molecule has 3 fully saturated rings.